The number of aromatic nitrogens is 1. The van der Waals surface area contributed by atoms with E-state index < -0.39 is 0 Å². The highest BCUT2D eigenvalue weighted by Crippen LogP contribution is 2.23. The minimum absolute atomic E-state index is 0.234. The third kappa shape index (κ3) is 4.12. The summed E-state index contributed by atoms with van der Waals surface area (Å²) in [6, 6.07) is 22.2. The lowest BCUT2D eigenvalue weighted by Crippen LogP contribution is -2.10. The van der Waals surface area contributed by atoms with Crippen molar-refractivity contribution < 1.29 is 13.9 Å². The number of nitrogens with one attached hydrogen (secondary N) is 1. The zero-order valence-electron chi connectivity index (χ0n) is 15.3. The fourth-order valence-corrected chi connectivity index (χ4v) is 3.26. The van der Waals surface area contributed by atoms with Crippen molar-refractivity contribution in [2.45, 2.75) is 12.8 Å². The molecule has 4 aromatic rings. The SMILES string of the molecule is O=C(Cc1ccc2[nH]ccc2c1)OCCc1ccc(-c2ccccc2F)cc1. The Hall–Kier alpha value is -3.40. The van der Waals surface area contributed by atoms with E-state index in [-0.39, 0.29) is 18.2 Å². The third-order valence-electron chi connectivity index (χ3n) is 4.76. The molecule has 1 N–H and O–H groups in total. The quantitative estimate of drug-likeness (QED) is 0.466. The summed E-state index contributed by atoms with van der Waals surface area (Å²) >= 11 is 0. The van der Waals surface area contributed by atoms with Gasteiger partial charge in [-0.1, -0.05) is 48.5 Å². The van der Waals surface area contributed by atoms with Crippen LogP contribution in [0.25, 0.3) is 22.0 Å². The summed E-state index contributed by atoms with van der Waals surface area (Å²) in [5, 5.41) is 1.08. The van der Waals surface area contributed by atoms with Gasteiger partial charge in [-0.05, 0) is 46.3 Å². The van der Waals surface area contributed by atoms with Gasteiger partial charge in [0.2, 0.25) is 0 Å². The van der Waals surface area contributed by atoms with E-state index in [1.165, 1.54) is 6.07 Å². The standard InChI is InChI=1S/C24H20FNO2/c25-22-4-2-1-3-21(22)19-8-5-17(6-9-19)12-14-28-24(27)16-18-7-10-23-20(15-18)11-13-26-23/h1-11,13,15,26H,12,14,16H2. The number of hydrogen-bond donors (Lipinski definition) is 1. The molecule has 0 saturated heterocycles. The molecule has 0 radical (unpaired) electrons. The predicted octanol–water partition coefficient (Wildman–Crippen LogP) is 5.30. The van der Waals surface area contributed by atoms with E-state index in [0.717, 1.165) is 27.6 Å². The average Bonchev–Trinajstić information content (AvgIpc) is 3.17. The van der Waals surface area contributed by atoms with Crippen molar-refractivity contribution >= 4 is 16.9 Å². The van der Waals surface area contributed by atoms with Crippen LogP contribution in [0.5, 0.6) is 0 Å². The Morgan fingerprint density at radius 2 is 1.71 bits per heavy atom. The van der Waals surface area contributed by atoms with Gasteiger partial charge >= 0.3 is 5.97 Å². The smallest absolute Gasteiger partial charge is 0.310 e. The molecule has 0 bridgehead atoms. The van der Waals surface area contributed by atoms with Gasteiger partial charge in [0.1, 0.15) is 5.82 Å². The monoisotopic (exact) mass is 373 g/mol. The minimum Gasteiger partial charge on any atom is -0.465 e. The molecule has 4 rings (SSSR count). The van der Waals surface area contributed by atoms with Crippen LogP contribution in [0.15, 0.2) is 79.0 Å². The highest BCUT2D eigenvalue weighted by Gasteiger charge is 2.07. The third-order valence-corrected chi connectivity index (χ3v) is 4.76. The maximum absolute atomic E-state index is 13.9. The van der Waals surface area contributed by atoms with Crippen LogP contribution in [0.4, 0.5) is 4.39 Å². The lowest BCUT2D eigenvalue weighted by molar-refractivity contribution is -0.142. The number of esters is 1. The Kier molecular flexibility index (Phi) is 5.20. The second-order valence-corrected chi connectivity index (χ2v) is 6.72. The summed E-state index contributed by atoms with van der Waals surface area (Å²) in [5.74, 6) is -0.472. The first-order valence-electron chi connectivity index (χ1n) is 9.24. The van der Waals surface area contributed by atoms with Gasteiger partial charge in [-0.3, -0.25) is 4.79 Å². The second kappa shape index (κ2) is 8.09. The van der Waals surface area contributed by atoms with Crippen LogP contribution in [0, 0.1) is 5.82 Å². The summed E-state index contributed by atoms with van der Waals surface area (Å²) in [7, 11) is 0. The van der Waals surface area contributed by atoms with E-state index in [2.05, 4.69) is 4.98 Å². The molecule has 0 aliphatic rings. The molecule has 1 aromatic heterocycles. The molecule has 0 unspecified atom stereocenters. The number of hydrogen-bond acceptors (Lipinski definition) is 2. The van der Waals surface area contributed by atoms with Crippen molar-refractivity contribution in [2.75, 3.05) is 6.61 Å². The van der Waals surface area contributed by atoms with Crippen molar-refractivity contribution in [2.24, 2.45) is 0 Å². The van der Waals surface area contributed by atoms with Crippen LogP contribution >= 0.6 is 0 Å². The van der Waals surface area contributed by atoms with E-state index in [4.69, 9.17) is 4.74 Å². The van der Waals surface area contributed by atoms with Crippen LogP contribution in [-0.2, 0) is 22.4 Å². The molecule has 0 amide bonds. The molecule has 0 atom stereocenters. The summed E-state index contributed by atoms with van der Waals surface area (Å²) in [6.45, 7) is 0.324. The van der Waals surface area contributed by atoms with Crippen LogP contribution in [-0.4, -0.2) is 17.6 Å². The van der Waals surface area contributed by atoms with E-state index in [1.54, 1.807) is 12.1 Å². The van der Waals surface area contributed by atoms with Crippen molar-refractivity contribution in [3.8, 4) is 11.1 Å². The molecule has 0 aliphatic carbocycles. The van der Waals surface area contributed by atoms with Crippen LogP contribution in [0.3, 0.4) is 0 Å². The molecule has 4 heteroatoms. The Morgan fingerprint density at radius 3 is 2.54 bits per heavy atom. The summed E-state index contributed by atoms with van der Waals surface area (Å²) in [4.78, 5) is 15.2. The fourth-order valence-electron chi connectivity index (χ4n) is 3.26. The van der Waals surface area contributed by atoms with Crippen LogP contribution in [0.1, 0.15) is 11.1 Å². The lowest BCUT2D eigenvalue weighted by Gasteiger charge is -2.07. The first kappa shape index (κ1) is 18.0. The van der Waals surface area contributed by atoms with E-state index >= 15 is 0 Å². The summed E-state index contributed by atoms with van der Waals surface area (Å²) in [6.07, 6.45) is 2.76. The maximum Gasteiger partial charge on any atom is 0.310 e. The van der Waals surface area contributed by atoms with E-state index in [9.17, 15) is 9.18 Å². The molecule has 1 heterocycles. The maximum atomic E-state index is 13.9. The average molecular weight is 373 g/mol. The first-order valence-corrected chi connectivity index (χ1v) is 9.24. The number of fused-ring (bicyclic) bond motifs is 1. The Balaban J connectivity index is 1.29. The van der Waals surface area contributed by atoms with Crippen molar-refractivity contribution in [3.05, 3.63) is 95.9 Å². The Morgan fingerprint density at radius 1 is 0.929 bits per heavy atom. The molecule has 3 nitrogen and oxygen atoms in total. The molecule has 0 aliphatic heterocycles. The zero-order chi connectivity index (χ0) is 19.3. The predicted molar refractivity (Wildman–Crippen MR) is 109 cm³/mol. The molecule has 3 aromatic carbocycles. The molecule has 0 spiro atoms. The first-order chi connectivity index (χ1) is 13.7. The summed E-state index contributed by atoms with van der Waals surface area (Å²) < 4.78 is 19.2. The highest BCUT2D eigenvalue weighted by molar-refractivity contribution is 5.82. The number of aromatic amines is 1. The van der Waals surface area contributed by atoms with Crippen molar-refractivity contribution in [1.82, 2.24) is 4.98 Å². The number of benzene rings is 3. The molecular formula is C24H20FNO2. The lowest BCUT2D eigenvalue weighted by atomic mass is 10.0. The normalized spacial score (nSPS) is 10.9. The molecule has 0 saturated carbocycles. The summed E-state index contributed by atoms with van der Waals surface area (Å²) in [5.41, 5.74) is 4.45. The number of carbonyl (C=O) groups excluding carboxylic acids is 1. The van der Waals surface area contributed by atoms with Gasteiger partial charge in [-0.15, -0.1) is 0 Å². The molecule has 28 heavy (non-hydrogen) atoms. The van der Waals surface area contributed by atoms with Crippen molar-refractivity contribution in [3.63, 3.8) is 0 Å². The largest absolute Gasteiger partial charge is 0.465 e. The number of halogens is 1. The molecule has 140 valence electrons. The van der Waals surface area contributed by atoms with Gasteiger partial charge in [-0.2, -0.15) is 0 Å². The highest BCUT2D eigenvalue weighted by atomic mass is 19.1. The van der Waals surface area contributed by atoms with Gasteiger partial charge in [0.25, 0.3) is 0 Å². The van der Waals surface area contributed by atoms with E-state index in [0.29, 0.717) is 18.6 Å². The van der Waals surface area contributed by atoms with Gasteiger partial charge in [0, 0.05) is 23.7 Å². The van der Waals surface area contributed by atoms with Gasteiger partial charge < -0.3 is 9.72 Å². The molecular weight excluding hydrogens is 353 g/mol. The Labute approximate surface area is 162 Å². The van der Waals surface area contributed by atoms with Crippen LogP contribution < -0.4 is 0 Å². The number of ether oxygens (including phenoxy) is 1. The number of H-pyrrole nitrogens is 1. The molecule has 0 fully saturated rings. The number of rotatable bonds is 6. The van der Waals surface area contributed by atoms with E-state index in [1.807, 2.05) is 60.8 Å². The zero-order valence-corrected chi connectivity index (χ0v) is 15.3. The van der Waals surface area contributed by atoms with Gasteiger partial charge in [0.15, 0.2) is 0 Å². The fraction of sp³-hybridized carbons (Fsp3) is 0.125. The van der Waals surface area contributed by atoms with Crippen molar-refractivity contribution in [1.29, 1.82) is 0 Å². The van der Waals surface area contributed by atoms with Crippen LogP contribution in [0.2, 0.25) is 0 Å². The number of carbonyl (C=O) groups is 1. The second-order valence-electron chi connectivity index (χ2n) is 6.72. The topological polar surface area (TPSA) is 42.1 Å². The minimum atomic E-state index is -0.238. The van der Waals surface area contributed by atoms with Gasteiger partial charge in [0.05, 0.1) is 13.0 Å². The van der Waals surface area contributed by atoms with Gasteiger partial charge in [-0.25, -0.2) is 4.39 Å². The Bertz CT molecular complexity index is 1100.